The van der Waals surface area contributed by atoms with Gasteiger partial charge in [0.1, 0.15) is 17.6 Å². The van der Waals surface area contributed by atoms with Crippen LogP contribution in [0.4, 0.5) is 4.79 Å². The number of benzene rings is 1. The van der Waals surface area contributed by atoms with Crippen LogP contribution in [0.15, 0.2) is 36.5 Å². The number of aryl methyl sites for hydroxylation is 2. The molecule has 2 heterocycles. The third-order valence-corrected chi connectivity index (χ3v) is 4.32. The predicted molar refractivity (Wildman–Crippen MR) is 94.9 cm³/mol. The van der Waals surface area contributed by atoms with Crippen molar-refractivity contribution in [2.75, 3.05) is 20.2 Å². The van der Waals surface area contributed by atoms with E-state index in [0.717, 1.165) is 28.3 Å². The van der Waals surface area contributed by atoms with Crippen LogP contribution < -0.4 is 14.8 Å². The molecule has 1 aliphatic rings. The fourth-order valence-electron chi connectivity index (χ4n) is 2.63. The lowest BCUT2D eigenvalue weighted by Gasteiger charge is -2.38. The Morgan fingerprint density at radius 1 is 1.28 bits per heavy atom. The lowest BCUT2D eigenvalue weighted by Crippen LogP contribution is -2.58. The van der Waals surface area contributed by atoms with Gasteiger partial charge in [-0.05, 0) is 37.1 Å². The molecule has 0 unspecified atom stereocenters. The number of likely N-dealkylation sites (tertiary alicyclic amines) is 1. The summed E-state index contributed by atoms with van der Waals surface area (Å²) >= 11 is 0. The molecule has 1 aromatic carbocycles. The number of aromatic nitrogens is 1. The molecule has 0 spiro atoms. The normalized spacial score (nSPS) is 14.0. The molecule has 132 valence electrons. The largest absolute Gasteiger partial charge is 0.497 e. The molecule has 0 radical (unpaired) electrons. The zero-order chi connectivity index (χ0) is 17.8. The van der Waals surface area contributed by atoms with Crippen molar-refractivity contribution in [1.29, 1.82) is 0 Å². The van der Waals surface area contributed by atoms with Crippen molar-refractivity contribution in [2.45, 2.75) is 26.5 Å². The number of nitrogens with one attached hydrogen (secondary N) is 1. The van der Waals surface area contributed by atoms with E-state index in [2.05, 4.69) is 10.3 Å². The topological polar surface area (TPSA) is 63.7 Å². The van der Waals surface area contributed by atoms with Gasteiger partial charge < -0.3 is 19.7 Å². The van der Waals surface area contributed by atoms with E-state index in [4.69, 9.17) is 9.47 Å². The SMILES string of the molecule is COc1cccc(OC2CN(C(=O)NCc3cnc(C)c(C)c3)C2)c1. The molecule has 6 heteroatoms. The number of hydrogen-bond acceptors (Lipinski definition) is 4. The molecule has 0 aliphatic carbocycles. The molecular weight excluding hydrogens is 318 g/mol. The first-order chi connectivity index (χ1) is 12.0. The van der Waals surface area contributed by atoms with Crippen LogP contribution in [-0.2, 0) is 6.54 Å². The first-order valence-electron chi connectivity index (χ1n) is 8.31. The van der Waals surface area contributed by atoms with Gasteiger partial charge in [-0.1, -0.05) is 12.1 Å². The average molecular weight is 341 g/mol. The zero-order valence-electron chi connectivity index (χ0n) is 14.8. The lowest BCUT2D eigenvalue weighted by molar-refractivity contribution is 0.0442. The average Bonchev–Trinajstić information content (AvgIpc) is 2.58. The maximum Gasteiger partial charge on any atom is 0.317 e. The maximum atomic E-state index is 12.2. The van der Waals surface area contributed by atoms with Crippen LogP contribution in [0.5, 0.6) is 11.5 Å². The Labute approximate surface area is 147 Å². The smallest absolute Gasteiger partial charge is 0.317 e. The second kappa shape index (κ2) is 7.42. The summed E-state index contributed by atoms with van der Waals surface area (Å²) in [5.74, 6) is 1.51. The van der Waals surface area contributed by atoms with Gasteiger partial charge in [-0.2, -0.15) is 0 Å². The van der Waals surface area contributed by atoms with Crippen molar-refractivity contribution in [3.05, 3.63) is 53.3 Å². The number of carbonyl (C=O) groups excluding carboxylic acids is 1. The summed E-state index contributed by atoms with van der Waals surface area (Å²) in [7, 11) is 1.62. The summed E-state index contributed by atoms with van der Waals surface area (Å²) in [5, 5.41) is 2.92. The van der Waals surface area contributed by atoms with Crippen LogP contribution in [0.25, 0.3) is 0 Å². The summed E-state index contributed by atoms with van der Waals surface area (Å²) in [6, 6.07) is 9.45. The van der Waals surface area contributed by atoms with Crippen molar-refractivity contribution in [2.24, 2.45) is 0 Å². The number of methoxy groups -OCH3 is 1. The van der Waals surface area contributed by atoms with Gasteiger partial charge in [0.25, 0.3) is 0 Å². The van der Waals surface area contributed by atoms with E-state index in [1.54, 1.807) is 18.2 Å². The lowest BCUT2D eigenvalue weighted by atomic mass is 10.1. The highest BCUT2D eigenvalue weighted by atomic mass is 16.5. The number of urea groups is 1. The third kappa shape index (κ3) is 4.21. The summed E-state index contributed by atoms with van der Waals surface area (Å²) in [6.45, 7) is 5.62. The molecule has 1 fully saturated rings. The summed E-state index contributed by atoms with van der Waals surface area (Å²) in [4.78, 5) is 18.2. The van der Waals surface area contributed by atoms with Crippen molar-refractivity contribution < 1.29 is 14.3 Å². The van der Waals surface area contributed by atoms with E-state index in [0.29, 0.717) is 19.6 Å². The van der Waals surface area contributed by atoms with Crippen molar-refractivity contribution in [1.82, 2.24) is 15.2 Å². The molecular formula is C19H23N3O3. The van der Waals surface area contributed by atoms with Crippen molar-refractivity contribution in [3.63, 3.8) is 0 Å². The highest BCUT2D eigenvalue weighted by Gasteiger charge is 2.32. The van der Waals surface area contributed by atoms with Gasteiger partial charge in [-0.15, -0.1) is 0 Å². The van der Waals surface area contributed by atoms with Gasteiger partial charge in [0, 0.05) is 24.5 Å². The molecule has 0 bridgehead atoms. The fraction of sp³-hybridized carbons (Fsp3) is 0.368. The molecule has 3 rings (SSSR count). The van der Waals surface area contributed by atoms with Crippen molar-refractivity contribution in [3.8, 4) is 11.5 Å². The van der Waals surface area contributed by atoms with Crippen LogP contribution in [0.1, 0.15) is 16.8 Å². The zero-order valence-corrected chi connectivity index (χ0v) is 14.8. The second-order valence-corrected chi connectivity index (χ2v) is 6.23. The molecule has 0 saturated carbocycles. The third-order valence-electron chi connectivity index (χ3n) is 4.32. The Hall–Kier alpha value is -2.76. The number of hydrogen-bond donors (Lipinski definition) is 1. The Bertz CT molecular complexity index is 757. The number of nitrogens with zero attached hydrogens (tertiary/aromatic N) is 2. The van der Waals surface area contributed by atoms with Crippen LogP contribution in [0.2, 0.25) is 0 Å². The van der Waals surface area contributed by atoms with Gasteiger partial charge in [0.15, 0.2) is 0 Å². The minimum absolute atomic E-state index is 0.0149. The maximum absolute atomic E-state index is 12.2. The van der Waals surface area contributed by atoms with Crippen LogP contribution in [-0.4, -0.2) is 42.2 Å². The molecule has 0 atom stereocenters. The van der Waals surface area contributed by atoms with E-state index in [9.17, 15) is 4.79 Å². The summed E-state index contributed by atoms with van der Waals surface area (Å²) in [5.41, 5.74) is 3.14. The van der Waals surface area contributed by atoms with E-state index >= 15 is 0 Å². The van der Waals surface area contributed by atoms with E-state index in [1.165, 1.54) is 0 Å². The van der Waals surface area contributed by atoms with E-state index in [1.807, 2.05) is 44.2 Å². The van der Waals surface area contributed by atoms with Gasteiger partial charge >= 0.3 is 6.03 Å². The number of ether oxygens (including phenoxy) is 2. The van der Waals surface area contributed by atoms with E-state index in [-0.39, 0.29) is 12.1 Å². The van der Waals surface area contributed by atoms with Crippen molar-refractivity contribution >= 4 is 6.03 Å². The molecule has 25 heavy (non-hydrogen) atoms. The summed E-state index contributed by atoms with van der Waals surface area (Å²) < 4.78 is 11.0. The summed E-state index contributed by atoms with van der Waals surface area (Å²) in [6.07, 6.45) is 1.81. The standard InChI is InChI=1S/C19H23N3O3/c1-13-7-15(9-20-14(13)2)10-21-19(23)22-11-18(12-22)25-17-6-4-5-16(8-17)24-3/h4-9,18H,10-12H2,1-3H3,(H,21,23). The molecule has 6 nitrogen and oxygen atoms in total. The Balaban J connectivity index is 1.44. The second-order valence-electron chi connectivity index (χ2n) is 6.23. The minimum atomic E-state index is -0.0799. The molecule has 2 aromatic rings. The van der Waals surface area contributed by atoms with E-state index < -0.39 is 0 Å². The van der Waals surface area contributed by atoms with Gasteiger partial charge in [-0.25, -0.2) is 4.79 Å². The van der Waals surface area contributed by atoms with Crippen LogP contribution >= 0.6 is 0 Å². The molecule has 1 aromatic heterocycles. The molecule has 2 amide bonds. The fourth-order valence-corrected chi connectivity index (χ4v) is 2.63. The first-order valence-corrected chi connectivity index (χ1v) is 8.31. The first kappa shape index (κ1) is 17.1. The molecule has 1 N–H and O–H groups in total. The number of rotatable bonds is 5. The Morgan fingerprint density at radius 2 is 2.04 bits per heavy atom. The Kier molecular flexibility index (Phi) is 5.07. The van der Waals surface area contributed by atoms with Gasteiger partial charge in [0.2, 0.25) is 0 Å². The Morgan fingerprint density at radius 3 is 2.76 bits per heavy atom. The minimum Gasteiger partial charge on any atom is -0.497 e. The van der Waals surface area contributed by atoms with Gasteiger partial charge in [0.05, 0.1) is 20.2 Å². The number of carbonyl (C=O) groups is 1. The molecule has 1 saturated heterocycles. The highest BCUT2D eigenvalue weighted by Crippen LogP contribution is 2.22. The number of pyridine rings is 1. The predicted octanol–water partition coefficient (Wildman–Crippen LogP) is 2.68. The van der Waals surface area contributed by atoms with Gasteiger partial charge in [-0.3, -0.25) is 4.98 Å². The van der Waals surface area contributed by atoms with Crippen LogP contribution in [0, 0.1) is 13.8 Å². The highest BCUT2D eigenvalue weighted by molar-refractivity contribution is 5.75. The van der Waals surface area contributed by atoms with Crippen LogP contribution in [0.3, 0.4) is 0 Å². The monoisotopic (exact) mass is 341 g/mol. The quantitative estimate of drug-likeness (QED) is 0.908. The molecule has 1 aliphatic heterocycles. The number of amides is 2.